The molecule has 2 N–H and O–H groups in total. The van der Waals surface area contributed by atoms with E-state index in [2.05, 4.69) is 30.3 Å². The second-order valence-electron chi connectivity index (χ2n) is 6.36. The first kappa shape index (κ1) is 18.9. The summed E-state index contributed by atoms with van der Waals surface area (Å²) in [5.74, 6) is 3.15. The maximum absolute atomic E-state index is 12.0. The fraction of sp³-hybridized carbons (Fsp3) is 0.667. The van der Waals surface area contributed by atoms with E-state index >= 15 is 0 Å². The maximum Gasteiger partial charge on any atom is 0.151 e. The minimum absolute atomic E-state index is 0.499. The first-order valence-corrected chi connectivity index (χ1v) is 10.5. The van der Waals surface area contributed by atoms with Crippen molar-refractivity contribution in [3.05, 3.63) is 17.6 Å². The second kappa shape index (κ2) is 9.16. The average Bonchev–Trinajstić information content (AvgIpc) is 2.94. The van der Waals surface area contributed by atoms with Crippen LogP contribution in [-0.2, 0) is 23.8 Å². The maximum atomic E-state index is 12.0. The predicted molar refractivity (Wildman–Crippen MR) is 103 cm³/mol. The number of hydrogen-bond acceptors (Lipinski definition) is 4. The van der Waals surface area contributed by atoms with Gasteiger partial charge in [-0.15, -0.1) is 0 Å². The van der Waals surface area contributed by atoms with Gasteiger partial charge in [0.05, 0.1) is 5.52 Å². The number of aromatic nitrogens is 3. The van der Waals surface area contributed by atoms with Crippen LogP contribution in [0.5, 0.6) is 0 Å². The van der Waals surface area contributed by atoms with E-state index in [1.807, 2.05) is 6.20 Å². The van der Waals surface area contributed by atoms with Gasteiger partial charge in [-0.3, -0.25) is 4.21 Å². The standard InChI is InChI=1S/C18H30N4OS/c1-4-6-9-15-21-16-17(14(3)13-20-18(16)19)22(15)10-8-12-24(23)11-7-5-2/h13H,4-12H2,1-3H3,(H2,19,20). The normalized spacial score (nSPS) is 12.8. The van der Waals surface area contributed by atoms with Crippen LogP contribution in [0.25, 0.3) is 11.0 Å². The first-order valence-electron chi connectivity index (χ1n) is 9.03. The Morgan fingerprint density at radius 1 is 1.17 bits per heavy atom. The molecule has 1 unspecified atom stereocenters. The van der Waals surface area contributed by atoms with Crippen LogP contribution in [0.2, 0.25) is 0 Å². The number of nitrogen functional groups attached to an aromatic ring is 1. The summed E-state index contributed by atoms with van der Waals surface area (Å²) >= 11 is 0. The molecule has 24 heavy (non-hydrogen) atoms. The monoisotopic (exact) mass is 350 g/mol. The van der Waals surface area contributed by atoms with Crippen LogP contribution in [0.1, 0.15) is 57.3 Å². The Morgan fingerprint density at radius 2 is 1.88 bits per heavy atom. The Kier molecular flexibility index (Phi) is 7.21. The first-order chi connectivity index (χ1) is 11.6. The van der Waals surface area contributed by atoms with Crippen LogP contribution in [-0.4, -0.2) is 30.2 Å². The van der Waals surface area contributed by atoms with Crippen molar-refractivity contribution in [2.24, 2.45) is 0 Å². The highest BCUT2D eigenvalue weighted by Crippen LogP contribution is 2.24. The van der Waals surface area contributed by atoms with Crippen LogP contribution in [0.15, 0.2) is 6.20 Å². The van der Waals surface area contributed by atoms with Gasteiger partial charge in [-0.2, -0.15) is 0 Å². The van der Waals surface area contributed by atoms with Crippen molar-refractivity contribution in [3.63, 3.8) is 0 Å². The van der Waals surface area contributed by atoms with Gasteiger partial charge in [0.25, 0.3) is 0 Å². The summed E-state index contributed by atoms with van der Waals surface area (Å²) in [5.41, 5.74) is 9.03. The van der Waals surface area contributed by atoms with Gasteiger partial charge in [0.1, 0.15) is 11.3 Å². The smallest absolute Gasteiger partial charge is 0.151 e. The number of pyridine rings is 1. The van der Waals surface area contributed by atoms with E-state index in [9.17, 15) is 4.21 Å². The van der Waals surface area contributed by atoms with E-state index in [1.165, 1.54) is 0 Å². The second-order valence-corrected chi connectivity index (χ2v) is 8.06. The summed E-state index contributed by atoms with van der Waals surface area (Å²) in [5, 5.41) is 0. The highest BCUT2D eigenvalue weighted by Gasteiger charge is 2.15. The van der Waals surface area contributed by atoms with Crippen molar-refractivity contribution in [3.8, 4) is 0 Å². The molecular weight excluding hydrogens is 320 g/mol. The third-order valence-electron chi connectivity index (χ3n) is 4.29. The Hall–Kier alpha value is -1.43. The van der Waals surface area contributed by atoms with Gasteiger partial charge in [0.15, 0.2) is 5.82 Å². The molecule has 0 saturated heterocycles. The number of unbranched alkanes of at least 4 members (excludes halogenated alkanes) is 2. The number of nitrogens with zero attached hydrogens (tertiary/aromatic N) is 3. The summed E-state index contributed by atoms with van der Waals surface area (Å²) < 4.78 is 14.3. The molecule has 0 aliphatic heterocycles. The molecular formula is C18H30N4OS. The third kappa shape index (κ3) is 4.56. The van der Waals surface area contributed by atoms with Gasteiger partial charge in [-0.25, -0.2) is 9.97 Å². The molecule has 0 aliphatic carbocycles. The molecule has 5 nitrogen and oxygen atoms in total. The van der Waals surface area contributed by atoms with Crippen LogP contribution in [0.3, 0.4) is 0 Å². The molecule has 0 aromatic carbocycles. The van der Waals surface area contributed by atoms with E-state index in [0.717, 1.165) is 79.0 Å². The van der Waals surface area contributed by atoms with E-state index in [1.54, 1.807) is 0 Å². The van der Waals surface area contributed by atoms with Gasteiger partial charge in [0.2, 0.25) is 0 Å². The summed E-state index contributed by atoms with van der Waals surface area (Å²) in [6.45, 7) is 7.22. The van der Waals surface area contributed by atoms with Crippen LogP contribution in [0, 0.1) is 6.92 Å². The Balaban J connectivity index is 2.19. The van der Waals surface area contributed by atoms with E-state index < -0.39 is 10.8 Å². The Bertz CT molecular complexity index is 696. The lowest BCUT2D eigenvalue weighted by molar-refractivity contribution is 0.628. The Labute approximate surface area is 147 Å². The lowest BCUT2D eigenvalue weighted by atomic mass is 10.2. The fourth-order valence-corrected chi connectivity index (χ4v) is 4.19. The van der Waals surface area contributed by atoms with Gasteiger partial charge < -0.3 is 10.3 Å². The fourth-order valence-electron chi connectivity index (χ4n) is 2.92. The van der Waals surface area contributed by atoms with Crippen LogP contribution >= 0.6 is 0 Å². The molecule has 0 spiro atoms. The number of anilines is 1. The third-order valence-corrected chi connectivity index (χ3v) is 5.78. The largest absolute Gasteiger partial charge is 0.382 e. The van der Waals surface area contributed by atoms with Gasteiger partial charge in [-0.1, -0.05) is 26.7 Å². The number of rotatable bonds is 10. The topological polar surface area (TPSA) is 73.8 Å². The van der Waals surface area contributed by atoms with Crippen molar-refractivity contribution in [2.45, 2.75) is 65.8 Å². The number of fused-ring (bicyclic) bond motifs is 1. The van der Waals surface area contributed by atoms with E-state index in [4.69, 9.17) is 10.7 Å². The molecule has 0 fully saturated rings. The molecule has 6 heteroatoms. The van der Waals surface area contributed by atoms with Gasteiger partial charge >= 0.3 is 0 Å². The quantitative estimate of drug-likeness (QED) is 0.710. The minimum atomic E-state index is -0.708. The van der Waals surface area contributed by atoms with E-state index in [0.29, 0.717) is 5.82 Å². The highest BCUT2D eigenvalue weighted by molar-refractivity contribution is 7.84. The number of hydrogen-bond donors (Lipinski definition) is 1. The predicted octanol–water partition coefficient (Wildman–Crippen LogP) is 3.60. The number of nitrogens with two attached hydrogens (primary N) is 1. The molecule has 0 radical (unpaired) electrons. The SMILES string of the molecule is CCCCc1nc2c(N)ncc(C)c2n1CCCS(=O)CCCC. The molecule has 0 bridgehead atoms. The summed E-state index contributed by atoms with van der Waals surface area (Å²) in [4.78, 5) is 8.99. The lowest BCUT2D eigenvalue weighted by Gasteiger charge is -2.10. The summed E-state index contributed by atoms with van der Waals surface area (Å²) in [6.07, 6.45) is 8.06. The molecule has 134 valence electrons. The summed E-state index contributed by atoms with van der Waals surface area (Å²) in [7, 11) is -0.708. The van der Waals surface area contributed by atoms with Crippen molar-refractivity contribution in [1.82, 2.24) is 14.5 Å². The van der Waals surface area contributed by atoms with Gasteiger partial charge in [-0.05, 0) is 31.7 Å². The van der Waals surface area contributed by atoms with Crippen molar-refractivity contribution in [2.75, 3.05) is 17.2 Å². The molecule has 0 amide bonds. The van der Waals surface area contributed by atoms with Crippen LogP contribution < -0.4 is 5.73 Å². The lowest BCUT2D eigenvalue weighted by Crippen LogP contribution is -2.10. The summed E-state index contributed by atoms with van der Waals surface area (Å²) in [6, 6.07) is 0. The zero-order chi connectivity index (χ0) is 17.5. The highest BCUT2D eigenvalue weighted by atomic mass is 32.2. The molecule has 0 saturated carbocycles. The molecule has 2 aromatic heterocycles. The van der Waals surface area contributed by atoms with Crippen LogP contribution in [0.4, 0.5) is 5.82 Å². The minimum Gasteiger partial charge on any atom is -0.382 e. The molecule has 2 rings (SSSR count). The molecule has 2 aromatic rings. The number of aryl methyl sites for hydroxylation is 3. The zero-order valence-electron chi connectivity index (χ0n) is 15.2. The Morgan fingerprint density at radius 3 is 2.58 bits per heavy atom. The van der Waals surface area contributed by atoms with Crippen molar-refractivity contribution < 1.29 is 4.21 Å². The molecule has 1 atom stereocenters. The van der Waals surface area contributed by atoms with Crippen molar-refractivity contribution in [1.29, 1.82) is 0 Å². The van der Waals surface area contributed by atoms with Gasteiger partial charge in [0, 0.05) is 41.5 Å². The molecule has 2 heterocycles. The van der Waals surface area contributed by atoms with Crippen molar-refractivity contribution >= 4 is 27.7 Å². The molecule has 0 aliphatic rings. The average molecular weight is 351 g/mol. The zero-order valence-corrected chi connectivity index (χ0v) is 16.0. The van der Waals surface area contributed by atoms with E-state index in [-0.39, 0.29) is 0 Å². The number of imidazole rings is 1.